The summed E-state index contributed by atoms with van der Waals surface area (Å²) in [5.74, 6) is 0. The minimum Gasteiger partial charge on any atom is -0.744 e. The van der Waals surface area contributed by atoms with Gasteiger partial charge in [0, 0.05) is 23.6 Å². The number of hydrogen-bond acceptors (Lipinski definition) is 7. The zero-order chi connectivity index (χ0) is 26.9. The molecule has 2 heterocycles. The number of halogens is 1. The van der Waals surface area contributed by atoms with Crippen molar-refractivity contribution in [3.63, 3.8) is 0 Å². The van der Waals surface area contributed by atoms with Crippen molar-refractivity contribution in [2.24, 2.45) is 0 Å². The average Bonchev–Trinajstić information content (AvgIpc) is 2.89. The van der Waals surface area contributed by atoms with Gasteiger partial charge in [0.1, 0.15) is 26.9 Å². The van der Waals surface area contributed by atoms with Crippen LogP contribution in [0.5, 0.6) is 0 Å². The number of fused-ring (bicyclic) bond motifs is 3. The lowest BCUT2D eigenvalue weighted by Crippen LogP contribution is -3.61. The summed E-state index contributed by atoms with van der Waals surface area (Å²) in [6, 6.07) is 27.9. The second-order valence-electron chi connectivity index (χ2n) is 8.37. The Bertz CT molecular complexity index is 2030. The topological polar surface area (TPSA) is 118 Å². The van der Waals surface area contributed by atoms with E-state index in [1.54, 1.807) is 30.3 Å². The number of hydrogen-bond donors (Lipinski definition) is 0. The van der Waals surface area contributed by atoms with Crippen molar-refractivity contribution < 1.29 is 43.0 Å². The van der Waals surface area contributed by atoms with Crippen LogP contribution in [-0.4, -0.2) is 13.0 Å². The van der Waals surface area contributed by atoms with Gasteiger partial charge in [-0.2, -0.15) is 0 Å². The van der Waals surface area contributed by atoms with Crippen LogP contribution in [0.1, 0.15) is 5.56 Å². The van der Waals surface area contributed by atoms with E-state index in [1.807, 2.05) is 55.5 Å². The van der Waals surface area contributed by atoms with Crippen LogP contribution in [-0.2, 0) is 10.1 Å². The highest BCUT2D eigenvalue weighted by Crippen LogP contribution is 2.17. The van der Waals surface area contributed by atoms with Crippen LogP contribution in [0, 0.1) is 14.1 Å². The first kappa shape index (κ1) is 25.8. The zero-order valence-corrected chi connectivity index (χ0v) is 22.9. The first-order valence-electron chi connectivity index (χ1n) is 11.3. The highest BCUT2D eigenvalue weighted by molar-refractivity contribution is 7.85. The van der Waals surface area contributed by atoms with Gasteiger partial charge in [-0.1, -0.05) is 29.8 Å². The van der Waals surface area contributed by atoms with Gasteiger partial charge in [0.2, 0.25) is 5.43 Å². The van der Waals surface area contributed by atoms with Crippen molar-refractivity contribution in [1.29, 1.82) is 0 Å². The fraction of sp³-hybridized carbons (Fsp3) is 0.0345. The maximum Gasteiger partial charge on any atom is 0.358 e. The van der Waals surface area contributed by atoms with Gasteiger partial charge in [-0.05, 0) is 61.5 Å². The average molecular weight is 638 g/mol. The molecule has 0 spiro atoms. The molecule has 0 aliphatic carbocycles. The monoisotopic (exact) mass is 638 g/mol. The SMILES string of the molecule is Cc1ccc(S(=O)(=O)[O-])cc1.O=c1ccc2ccc([I+]c3ccc4oc5ccccc5c(=O)c4c3)cc2o1. The van der Waals surface area contributed by atoms with Crippen LogP contribution in [0.3, 0.4) is 0 Å². The van der Waals surface area contributed by atoms with E-state index in [-0.39, 0.29) is 15.9 Å². The quantitative estimate of drug-likeness (QED) is 0.126. The summed E-state index contributed by atoms with van der Waals surface area (Å²) in [6.45, 7) is 1.82. The molecule has 0 N–H and O–H groups in total. The van der Waals surface area contributed by atoms with Gasteiger partial charge in [-0.3, -0.25) is 4.79 Å². The summed E-state index contributed by atoms with van der Waals surface area (Å²) in [7, 11) is -4.27. The third-order valence-corrected chi connectivity index (χ3v) is 9.09. The summed E-state index contributed by atoms with van der Waals surface area (Å²) in [5.41, 5.74) is 2.34. The van der Waals surface area contributed by atoms with E-state index in [9.17, 15) is 22.6 Å². The second kappa shape index (κ2) is 10.5. The molecule has 0 bridgehead atoms. The molecule has 0 unspecified atom stereocenters. The van der Waals surface area contributed by atoms with Crippen molar-refractivity contribution in [2.45, 2.75) is 11.8 Å². The second-order valence-corrected chi connectivity index (χ2v) is 12.8. The van der Waals surface area contributed by atoms with Crippen molar-refractivity contribution in [1.82, 2.24) is 0 Å². The summed E-state index contributed by atoms with van der Waals surface area (Å²) in [5, 5.41) is 2.08. The van der Waals surface area contributed by atoms with E-state index in [0.29, 0.717) is 27.5 Å². The van der Waals surface area contributed by atoms with Crippen LogP contribution in [0.4, 0.5) is 0 Å². The smallest absolute Gasteiger partial charge is 0.358 e. The number of aryl methyl sites for hydroxylation is 1. The highest BCUT2D eigenvalue weighted by Gasteiger charge is 2.19. The molecule has 0 saturated heterocycles. The molecule has 9 heteroatoms. The van der Waals surface area contributed by atoms with E-state index >= 15 is 0 Å². The maximum absolute atomic E-state index is 12.8. The van der Waals surface area contributed by atoms with Crippen molar-refractivity contribution in [2.75, 3.05) is 0 Å². The molecule has 190 valence electrons. The number of rotatable bonds is 3. The molecule has 0 radical (unpaired) electrons. The molecule has 0 aliphatic heterocycles. The fourth-order valence-corrected chi connectivity index (χ4v) is 6.57. The largest absolute Gasteiger partial charge is 0.744 e. The third-order valence-electron chi connectivity index (χ3n) is 5.65. The Kier molecular flexibility index (Phi) is 7.15. The molecule has 6 aromatic rings. The Morgan fingerprint density at radius 1 is 0.684 bits per heavy atom. The minimum absolute atomic E-state index is 0.0118. The normalized spacial score (nSPS) is 11.4. The van der Waals surface area contributed by atoms with E-state index in [2.05, 4.69) is 0 Å². The lowest BCUT2D eigenvalue weighted by Gasteiger charge is -2.05. The Balaban J connectivity index is 0.000000226. The molecule has 4 aromatic carbocycles. The minimum atomic E-state index is -4.27. The molecule has 0 fully saturated rings. The van der Waals surface area contributed by atoms with E-state index in [4.69, 9.17) is 8.83 Å². The van der Waals surface area contributed by atoms with Crippen molar-refractivity contribution >= 4 is 43.0 Å². The van der Waals surface area contributed by atoms with Gasteiger partial charge in [0.05, 0.1) is 15.7 Å². The van der Waals surface area contributed by atoms with Gasteiger partial charge >= 0.3 is 26.8 Å². The Hall–Kier alpha value is -3.80. The number of para-hydroxylation sites is 1. The van der Waals surface area contributed by atoms with E-state index in [0.717, 1.165) is 18.1 Å². The predicted octanol–water partition coefficient (Wildman–Crippen LogP) is 2.08. The van der Waals surface area contributed by atoms with Crippen molar-refractivity contribution in [3.8, 4) is 0 Å². The van der Waals surface area contributed by atoms with Gasteiger partial charge in [0.15, 0.2) is 7.14 Å². The summed E-state index contributed by atoms with van der Waals surface area (Å²) in [6.07, 6.45) is 0. The van der Waals surface area contributed by atoms with Crippen LogP contribution < -0.4 is 32.3 Å². The molecule has 0 saturated carbocycles. The van der Waals surface area contributed by atoms with Crippen LogP contribution >= 0.6 is 0 Å². The molecule has 0 aliphatic rings. The zero-order valence-electron chi connectivity index (χ0n) is 19.9. The van der Waals surface area contributed by atoms with Crippen LogP contribution in [0.25, 0.3) is 32.9 Å². The molecule has 6 rings (SSSR count). The summed E-state index contributed by atoms with van der Waals surface area (Å²) >= 11 is -0.530. The molecule has 2 aromatic heterocycles. The first-order valence-corrected chi connectivity index (χ1v) is 14.9. The van der Waals surface area contributed by atoms with Gasteiger partial charge in [-0.25, -0.2) is 13.2 Å². The molecule has 0 atom stereocenters. The van der Waals surface area contributed by atoms with E-state index in [1.165, 1.54) is 18.2 Å². The van der Waals surface area contributed by atoms with E-state index < -0.39 is 31.3 Å². The van der Waals surface area contributed by atoms with Crippen molar-refractivity contribution in [3.05, 3.63) is 130 Å². The highest BCUT2D eigenvalue weighted by atomic mass is 127. The van der Waals surface area contributed by atoms with Crippen LogP contribution in [0.2, 0.25) is 0 Å². The predicted molar refractivity (Wildman–Crippen MR) is 139 cm³/mol. The first-order chi connectivity index (χ1) is 18.2. The van der Waals surface area contributed by atoms with Gasteiger partial charge in [0.25, 0.3) is 0 Å². The summed E-state index contributed by atoms with van der Waals surface area (Å²) < 4.78 is 44.5. The van der Waals surface area contributed by atoms with Gasteiger partial charge in [-0.15, -0.1) is 0 Å². The fourth-order valence-electron chi connectivity index (χ4n) is 3.76. The molecular formula is C29H19IO7S. The molecule has 38 heavy (non-hydrogen) atoms. The standard InChI is InChI=1S/C22H12IO4.C7H8O3S/c24-21-10-6-13-5-7-15(12-20(13)27-21)23-14-8-9-19-17(11-14)22(25)16-3-1-2-4-18(16)26-19;1-6-2-4-7(5-3-6)11(8,9)10/h1-12H;2-5H,1H3,(H,8,9,10)/q+1;/p-1. The lowest BCUT2D eigenvalue weighted by molar-refractivity contribution is -0.597. The third kappa shape index (κ3) is 5.69. The van der Waals surface area contributed by atoms with Gasteiger partial charge < -0.3 is 13.4 Å². The maximum atomic E-state index is 12.8. The van der Waals surface area contributed by atoms with Crippen LogP contribution in [0.15, 0.2) is 120 Å². The number of benzene rings is 4. The Labute approximate surface area is 227 Å². The Morgan fingerprint density at radius 2 is 1.34 bits per heavy atom. The molecule has 7 nitrogen and oxygen atoms in total. The Morgan fingerprint density at radius 3 is 2.11 bits per heavy atom. The summed E-state index contributed by atoms with van der Waals surface area (Å²) in [4.78, 5) is 24.1. The molecular weight excluding hydrogens is 619 g/mol. The lowest BCUT2D eigenvalue weighted by atomic mass is 10.1. The molecule has 0 amide bonds.